The van der Waals surface area contributed by atoms with Gasteiger partial charge < -0.3 is 21.7 Å². The average molecular weight is 241 g/mol. The minimum atomic E-state index is -6.00. The van der Waals surface area contributed by atoms with E-state index in [2.05, 4.69) is 4.98 Å². The molecule has 0 unspecified atom stereocenters. The normalized spacial score (nSPS) is 11.0. The fourth-order valence-corrected chi connectivity index (χ4v) is 1.07. The molecule has 0 spiro atoms. The van der Waals surface area contributed by atoms with Crippen molar-refractivity contribution in [3.8, 4) is 0 Å². The number of nitrogens with one attached hydrogen (secondary N) is 1. The van der Waals surface area contributed by atoms with Gasteiger partial charge in [0.2, 0.25) is 5.58 Å². The molecule has 1 aromatic heterocycles. The first-order valence-electron chi connectivity index (χ1n) is 3.80. The zero-order valence-electron chi connectivity index (χ0n) is 7.18. The minimum absolute atomic E-state index is 0.321. The third kappa shape index (κ3) is 4.69. The van der Waals surface area contributed by atoms with Crippen molar-refractivity contribution in [3.05, 3.63) is 29.6 Å². The summed E-state index contributed by atoms with van der Waals surface area (Å²) in [5.74, 6) is 0. The Labute approximate surface area is 87.0 Å². The third-order valence-electron chi connectivity index (χ3n) is 1.32. The molecule has 15 heavy (non-hydrogen) atoms. The van der Waals surface area contributed by atoms with E-state index in [-0.39, 0.29) is 0 Å². The first kappa shape index (κ1) is 11.8. The Hall–Kier alpha value is -1.24. The molecule has 0 amide bonds. The molecule has 0 radical (unpaired) electrons. The zero-order valence-corrected chi connectivity index (χ0v) is 7.94. The van der Waals surface area contributed by atoms with Crippen LogP contribution < -0.4 is 4.98 Å². The Morgan fingerprint density at radius 3 is 2.20 bits per heavy atom. The summed E-state index contributed by atoms with van der Waals surface area (Å²) in [7, 11) is -6.00. The van der Waals surface area contributed by atoms with E-state index in [0.29, 0.717) is 5.35 Å². The third-order valence-corrected chi connectivity index (χ3v) is 1.49. The van der Waals surface area contributed by atoms with Crippen LogP contribution in [0.3, 0.4) is 0 Å². The molecule has 1 aromatic carbocycles. The molecule has 8 heteroatoms. The molecule has 82 valence electrons. The maximum atomic E-state index is 9.75. The van der Waals surface area contributed by atoms with Crippen LogP contribution in [0, 0.1) is 0 Å². The van der Waals surface area contributed by atoms with Crippen molar-refractivity contribution in [2.75, 3.05) is 0 Å². The largest absolute Gasteiger partial charge is 0.673 e. The molecular formula is C7H5BClF4NO. The summed E-state index contributed by atoms with van der Waals surface area (Å²) >= 11 is 5.56. The second-order valence-corrected chi connectivity index (χ2v) is 2.84. The van der Waals surface area contributed by atoms with Crippen molar-refractivity contribution in [2.45, 2.75) is 0 Å². The molecule has 2 rings (SSSR count). The molecule has 0 bridgehead atoms. The van der Waals surface area contributed by atoms with Gasteiger partial charge in [0.15, 0.2) is 0 Å². The van der Waals surface area contributed by atoms with Crippen LogP contribution in [0.5, 0.6) is 0 Å². The Morgan fingerprint density at radius 1 is 1.13 bits per heavy atom. The Balaban J connectivity index is 0.000000195. The number of oxazole rings is 1. The van der Waals surface area contributed by atoms with E-state index in [1.807, 2.05) is 24.3 Å². The van der Waals surface area contributed by atoms with Crippen LogP contribution in [0.1, 0.15) is 0 Å². The van der Waals surface area contributed by atoms with E-state index in [0.717, 1.165) is 11.1 Å². The number of H-pyrrole nitrogens is 1. The van der Waals surface area contributed by atoms with E-state index in [4.69, 9.17) is 16.0 Å². The number of benzene rings is 1. The molecule has 0 atom stereocenters. The standard InChI is InChI=1S/C7H4ClNO.BF4/c8-7-9-5-3-1-2-4-6(5)10-7;2-1(3,4)5/h1-4H;/q;-1/p+1. The van der Waals surface area contributed by atoms with E-state index >= 15 is 0 Å². The van der Waals surface area contributed by atoms with Gasteiger partial charge in [0.05, 0.1) is 0 Å². The second-order valence-electron chi connectivity index (χ2n) is 2.49. The van der Waals surface area contributed by atoms with Gasteiger partial charge in [-0.15, -0.1) is 0 Å². The van der Waals surface area contributed by atoms with Crippen molar-refractivity contribution in [1.82, 2.24) is 0 Å². The molecule has 2 aromatic rings. The molecule has 0 fully saturated rings. The molecule has 1 N–H and O–H groups in total. The predicted octanol–water partition coefficient (Wildman–Crippen LogP) is 3.20. The van der Waals surface area contributed by atoms with Crippen molar-refractivity contribution in [1.29, 1.82) is 0 Å². The van der Waals surface area contributed by atoms with E-state index < -0.39 is 7.25 Å². The first-order chi connectivity index (χ1) is 6.86. The summed E-state index contributed by atoms with van der Waals surface area (Å²) < 4.78 is 44.1. The smallest absolute Gasteiger partial charge is 0.418 e. The van der Waals surface area contributed by atoms with Gasteiger partial charge in [0, 0.05) is 17.7 Å². The van der Waals surface area contributed by atoms with Crippen LogP contribution in [-0.4, -0.2) is 7.25 Å². The quantitative estimate of drug-likeness (QED) is 0.514. The Morgan fingerprint density at radius 2 is 1.67 bits per heavy atom. The number of rotatable bonds is 0. The van der Waals surface area contributed by atoms with Crippen LogP contribution in [-0.2, 0) is 0 Å². The van der Waals surface area contributed by atoms with Gasteiger partial charge >= 0.3 is 12.6 Å². The lowest BCUT2D eigenvalue weighted by Crippen LogP contribution is -2.02. The van der Waals surface area contributed by atoms with Gasteiger partial charge in [0.25, 0.3) is 5.52 Å². The van der Waals surface area contributed by atoms with E-state index in [1.165, 1.54) is 0 Å². The monoisotopic (exact) mass is 241 g/mol. The molecule has 2 nitrogen and oxygen atoms in total. The maximum absolute atomic E-state index is 9.75. The van der Waals surface area contributed by atoms with E-state index in [1.54, 1.807) is 0 Å². The predicted molar refractivity (Wildman–Crippen MR) is 48.0 cm³/mol. The van der Waals surface area contributed by atoms with Gasteiger partial charge in [-0.1, -0.05) is 12.1 Å². The summed E-state index contributed by atoms with van der Waals surface area (Å²) in [5.41, 5.74) is 1.71. The number of aromatic nitrogens is 1. The fourth-order valence-electron chi connectivity index (χ4n) is 0.887. The SMILES string of the molecule is Clc1[nH+]c2ccccc2o1.F[B-](F)(F)F. The Bertz CT molecular complexity index is 405. The van der Waals surface area contributed by atoms with Crippen LogP contribution >= 0.6 is 11.6 Å². The summed E-state index contributed by atoms with van der Waals surface area (Å²) in [4.78, 5) is 2.86. The van der Waals surface area contributed by atoms with Crippen LogP contribution in [0.25, 0.3) is 11.1 Å². The molecule has 1 heterocycles. The molecular weight excluding hydrogens is 236 g/mol. The first-order valence-corrected chi connectivity index (χ1v) is 4.18. The molecule has 0 saturated heterocycles. The average Bonchev–Trinajstić information content (AvgIpc) is 2.40. The Kier molecular flexibility index (Phi) is 3.57. The van der Waals surface area contributed by atoms with Crippen molar-refractivity contribution in [2.24, 2.45) is 0 Å². The molecule has 0 saturated carbocycles. The molecule has 0 aliphatic carbocycles. The highest BCUT2D eigenvalue weighted by atomic mass is 35.5. The van der Waals surface area contributed by atoms with E-state index in [9.17, 15) is 17.3 Å². The van der Waals surface area contributed by atoms with Gasteiger partial charge in [-0.3, -0.25) is 0 Å². The number of hydrogen-bond acceptors (Lipinski definition) is 1. The summed E-state index contributed by atoms with van der Waals surface area (Å²) in [6.07, 6.45) is 0. The minimum Gasteiger partial charge on any atom is -0.418 e. The maximum Gasteiger partial charge on any atom is 0.673 e. The molecule has 0 aliphatic rings. The number of para-hydroxylation sites is 2. The van der Waals surface area contributed by atoms with Gasteiger partial charge in [-0.2, -0.15) is 4.98 Å². The van der Waals surface area contributed by atoms with Crippen LogP contribution in [0.15, 0.2) is 28.7 Å². The number of hydrogen-bond donors (Lipinski definition) is 0. The highest BCUT2D eigenvalue weighted by molar-refractivity contribution is 6.50. The lowest BCUT2D eigenvalue weighted by Gasteiger charge is -1.94. The zero-order chi connectivity index (χ0) is 11.5. The highest BCUT2D eigenvalue weighted by Gasteiger charge is 2.20. The number of fused-ring (bicyclic) bond motifs is 1. The van der Waals surface area contributed by atoms with Gasteiger partial charge in [0.1, 0.15) is 0 Å². The van der Waals surface area contributed by atoms with Crippen molar-refractivity contribution < 1.29 is 26.7 Å². The van der Waals surface area contributed by atoms with Crippen molar-refractivity contribution >= 4 is 30.0 Å². The topological polar surface area (TPSA) is 27.3 Å². The summed E-state index contributed by atoms with van der Waals surface area (Å²) in [6.45, 7) is 0. The second kappa shape index (κ2) is 4.52. The van der Waals surface area contributed by atoms with Crippen LogP contribution in [0.2, 0.25) is 5.35 Å². The number of halogens is 5. The fraction of sp³-hybridized carbons (Fsp3) is 0. The highest BCUT2D eigenvalue weighted by Crippen LogP contribution is 2.12. The number of aromatic amines is 1. The lowest BCUT2D eigenvalue weighted by molar-refractivity contribution is -0.351. The summed E-state index contributed by atoms with van der Waals surface area (Å²) in [5, 5.41) is 0.321. The lowest BCUT2D eigenvalue weighted by atomic mass is 10.3. The van der Waals surface area contributed by atoms with Gasteiger partial charge in [-0.05, 0) is 6.07 Å². The van der Waals surface area contributed by atoms with Crippen molar-refractivity contribution in [3.63, 3.8) is 0 Å². The van der Waals surface area contributed by atoms with Crippen LogP contribution in [0.4, 0.5) is 17.3 Å². The summed E-state index contributed by atoms with van der Waals surface area (Å²) in [6, 6.07) is 7.59. The van der Waals surface area contributed by atoms with Gasteiger partial charge in [-0.25, -0.2) is 0 Å². The molecule has 0 aliphatic heterocycles.